The van der Waals surface area contributed by atoms with Crippen LogP contribution in [0.15, 0.2) is 18.2 Å². The van der Waals surface area contributed by atoms with Crippen LogP contribution in [0.1, 0.15) is 46.2 Å². The largest absolute Gasteiger partial charge is 0.353 e. The summed E-state index contributed by atoms with van der Waals surface area (Å²) in [5.74, 6) is -0.320. The predicted octanol–water partition coefficient (Wildman–Crippen LogP) is 2.34. The van der Waals surface area contributed by atoms with Crippen molar-refractivity contribution in [3.05, 3.63) is 40.2 Å². The maximum absolute atomic E-state index is 13.5. The first-order chi connectivity index (χ1) is 12.1. The average molecular weight is 361 g/mol. The Bertz CT molecular complexity index is 787. The number of benzene rings is 1. The number of hydrogen-bond acceptors (Lipinski definition) is 6. The number of anilines is 1. The van der Waals surface area contributed by atoms with E-state index in [1.807, 2.05) is 6.07 Å². The quantitative estimate of drug-likeness (QED) is 0.877. The standard InChI is InChI=1S/C17H20FN5OS/c18-11-3-1-10-2-4-14(13(10)9-11)20-17-22-21-15(25-17)16(24)23-7-5-12(19)6-8-23/h1,3,9,12,14H,2,4-8,19H2,(H,20,22). The lowest BCUT2D eigenvalue weighted by atomic mass is 10.1. The molecule has 1 aliphatic carbocycles. The molecule has 132 valence electrons. The van der Waals surface area contributed by atoms with Crippen LogP contribution in [0.4, 0.5) is 9.52 Å². The van der Waals surface area contributed by atoms with E-state index in [9.17, 15) is 9.18 Å². The summed E-state index contributed by atoms with van der Waals surface area (Å²) in [5.41, 5.74) is 8.00. The SMILES string of the molecule is NC1CCN(C(=O)c2nnc(NC3CCc4ccc(F)cc43)s2)CC1. The van der Waals surface area contributed by atoms with Crippen molar-refractivity contribution in [3.8, 4) is 0 Å². The summed E-state index contributed by atoms with van der Waals surface area (Å²) in [6, 6.07) is 5.09. The van der Waals surface area contributed by atoms with Crippen LogP contribution >= 0.6 is 11.3 Å². The summed E-state index contributed by atoms with van der Waals surface area (Å²) in [5, 5.41) is 12.4. The zero-order valence-corrected chi connectivity index (χ0v) is 14.6. The molecule has 1 aromatic carbocycles. The van der Waals surface area contributed by atoms with Crippen LogP contribution in [-0.2, 0) is 6.42 Å². The molecule has 1 fully saturated rings. The number of fused-ring (bicyclic) bond motifs is 1. The molecular formula is C17H20FN5OS. The lowest BCUT2D eigenvalue weighted by Crippen LogP contribution is -2.42. The van der Waals surface area contributed by atoms with Gasteiger partial charge >= 0.3 is 0 Å². The third-order valence-electron chi connectivity index (χ3n) is 4.92. The molecule has 8 heteroatoms. The van der Waals surface area contributed by atoms with Gasteiger partial charge in [0.2, 0.25) is 10.1 Å². The van der Waals surface area contributed by atoms with Crippen LogP contribution in [0, 0.1) is 5.82 Å². The minimum atomic E-state index is -0.233. The molecule has 1 saturated heterocycles. The molecule has 4 rings (SSSR count). The van der Waals surface area contributed by atoms with Crippen molar-refractivity contribution in [2.45, 2.75) is 37.8 Å². The lowest BCUT2D eigenvalue weighted by Gasteiger charge is -2.29. The van der Waals surface area contributed by atoms with E-state index in [4.69, 9.17) is 5.73 Å². The molecule has 1 amide bonds. The second-order valence-electron chi connectivity index (χ2n) is 6.62. The number of aryl methyl sites for hydroxylation is 1. The highest BCUT2D eigenvalue weighted by molar-refractivity contribution is 7.17. The molecule has 0 saturated carbocycles. The Hall–Kier alpha value is -2.06. The Morgan fingerprint density at radius 2 is 2.08 bits per heavy atom. The van der Waals surface area contributed by atoms with Gasteiger partial charge in [0.25, 0.3) is 5.91 Å². The number of aromatic nitrogens is 2. The average Bonchev–Trinajstić information content (AvgIpc) is 3.23. The molecule has 2 aromatic rings. The van der Waals surface area contributed by atoms with E-state index < -0.39 is 0 Å². The van der Waals surface area contributed by atoms with Gasteiger partial charge in [0, 0.05) is 19.1 Å². The summed E-state index contributed by atoms with van der Waals surface area (Å²) < 4.78 is 13.5. The fraction of sp³-hybridized carbons (Fsp3) is 0.471. The number of carbonyl (C=O) groups is 1. The number of nitrogens with two attached hydrogens (primary N) is 1. The van der Waals surface area contributed by atoms with E-state index in [2.05, 4.69) is 15.5 Å². The summed E-state index contributed by atoms with van der Waals surface area (Å²) in [6.07, 6.45) is 3.43. The number of nitrogens with zero attached hydrogens (tertiary/aromatic N) is 3. The zero-order valence-electron chi connectivity index (χ0n) is 13.7. The van der Waals surface area contributed by atoms with Gasteiger partial charge in [-0.15, -0.1) is 10.2 Å². The maximum atomic E-state index is 13.5. The molecule has 6 nitrogen and oxygen atoms in total. The molecule has 3 N–H and O–H groups in total. The van der Waals surface area contributed by atoms with Gasteiger partial charge in [0.15, 0.2) is 0 Å². The number of halogens is 1. The van der Waals surface area contributed by atoms with E-state index in [0.717, 1.165) is 36.8 Å². The fourth-order valence-electron chi connectivity index (χ4n) is 3.48. The maximum Gasteiger partial charge on any atom is 0.284 e. The minimum Gasteiger partial charge on any atom is -0.353 e. The first kappa shape index (κ1) is 16.4. The lowest BCUT2D eigenvalue weighted by molar-refractivity contribution is 0.0713. The van der Waals surface area contributed by atoms with Crippen molar-refractivity contribution in [1.29, 1.82) is 0 Å². The topological polar surface area (TPSA) is 84.1 Å². The molecule has 2 aliphatic rings. The summed E-state index contributed by atoms with van der Waals surface area (Å²) in [6.45, 7) is 1.33. The second kappa shape index (κ2) is 6.68. The van der Waals surface area contributed by atoms with Gasteiger partial charge in [-0.2, -0.15) is 0 Å². The highest BCUT2D eigenvalue weighted by Crippen LogP contribution is 2.35. The molecule has 1 atom stereocenters. The number of carbonyl (C=O) groups excluding carboxylic acids is 1. The first-order valence-corrected chi connectivity index (χ1v) is 9.35. The van der Waals surface area contributed by atoms with Gasteiger partial charge in [-0.1, -0.05) is 17.4 Å². The third kappa shape index (κ3) is 3.36. The Labute approximate surface area is 149 Å². The predicted molar refractivity (Wildman–Crippen MR) is 94.1 cm³/mol. The molecule has 25 heavy (non-hydrogen) atoms. The monoisotopic (exact) mass is 361 g/mol. The van der Waals surface area contributed by atoms with E-state index in [-0.39, 0.29) is 23.8 Å². The normalized spacial score (nSPS) is 20.6. The van der Waals surface area contributed by atoms with Crippen molar-refractivity contribution in [3.63, 3.8) is 0 Å². The molecule has 1 unspecified atom stereocenters. The number of likely N-dealkylation sites (tertiary alicyclic amines) is 1. The number of hydrogen-bond donors (Lipinski definition) is 2. The smallest absolute Gasteiger partial charge is 0.284 e. The second-order valence-corrected chi connectivity index (χ2v) is 7.60. The van der Waals surface area contributed by atoms with Crippen LogP contribution < -0.4 is 11.1 Å². The molecule has 2 heterocycles. The van der Waals surface area contributed by atoms with E-state index in [1.165, 1.54) is 17.4 Å². The number of rotatable bonds is 3. The number of amides is 1. The van der Waals surface area contributed by atoms with E-state index in [1.54, 1.807) is 11.0 Å². The van der Waals surface area contributed by atoms with Gasteiger partial charge < -0.3 is 16.0 Å². The molecule has 1 aliphatic heterocycles. The molecular weight excluding hydrogens is 341 g/mol. The third-order valence-corrected chi connectivity index (χ3v) is 5.76. The molecule has 0 spiro atoms. The molecule has 1 aromatic heterocycles. The Kier molecular flexibility index (Phi) is 4.39. The minimum absolute atomic E-state index is 0.00888. The van der Waals surface area contributed by atoms with Crippen molar-refractivity contribution >= 4 is 22.4 Å². The van der Waals surface area contributed by atoms with Crippen LogP contribution in [0.2, 0.25) is 0 Å². The van der Waals surface area contributed by atoms with Crippen molar-refractivity contribution in [2.75, 3.05) is 18.4 Å². The molecule has 0 bridgehead atoms. The van der Waals surface area contributed by atoms with Gasteiger partial charge in [-0.25, -0.2) is 4.39 Å². The Morgan fingerprint density at radius 3 is 2.88 bits per heavy atom. The van der Waals surface area contributed by atoms with Crippen LogP contribution in [0.25, 0.3) is 0 Å². The Balaban J connectivity index is 1.44. The van der Waals surface area contributed by atoms with Crippen LogP contribution in [0.3, 0.4) is 0 Å². The van der Waals surface area contributed by atoms with Crippen LogP contribution in [-0.4, -0.2) is 40.1 Å². The van der Waals surface area contributed by atoms with Gasteiger partial charge in [0.1, 0.15) is 5.82 Å². The van der Waals surface area contributed by atoms with E-state index in [0.29, 0.717) is 23.2 Å². The Morgan fingerprint density at radius 1 is 1.28 bits per heavy atom. The van der Waals surface area contributed by atoms with Crippen molar-refractivity contribution < 1.29 is 9.18 Å². The summed E-state index contributed by atoms with van der Waals surface area (Å²) in [4.78, 5) is 14.3. The van der Waals surface area contributed by atoms with Gasteiger partial charge in [-0.05, 0) is 48.9 Å². The zero-order chi connectivity index (χ0) is 17.4. The number of nitrogens with one attached hydrogen (secondary N) is 1. The fourth-order valence-corrected chi connectivity index (χ4v) is 4.24. The van der Waals surface area contributed by atoms with Crippen LogP contribution in [0.5, 0.6) is 0 Å². The number of piperidine rings is 1. The van der Waals surface area contributed by atoms with E-state index >= 15 is 0 Å². The molecule has 0 radical (unpaired) electrons. The first-order valence-electron chi connectivity index (χ1n) is 8.53. The van der Waals surface area contributed by atoms with Crippen molar-refractivity contribution in [2.24, 2.45) is 5.73 Å². The summed E-state index contributed by atoms with van der Waals surface area (Å²) in [7, 11) is 0. The van der Waals surface area contributed by atoms with Gasteiger partial charge in [-0.3, -0.25) is 4.79 Å². The highest BCUT2D eigenvalue weighted by Gasteiger charge is 2.27. The highest BCUT2D eigenvalue weighted by atomic mass is 32.1. The summed E-state index contributed by atoms with van der Waals surface area (Å²) >= 11 is 1.25. The van der Waals surface area contributed by atoms with Crippen molar-refractivity contribution in [1.82, 2.24) is 15.1 Å². The van der Waals surface area contributed by atoms with Gasteiger partial charge in [0.05, 0.1) is 6.04 Å².